The Morgan fingerprint density at radius 2 is 1.75 bits per heavy atom. The lowest BCUT2D eigenvalue weighted by atomic mass is 10.0. The largest absolute Gasteiger partial charge is 0.435 e. The lowest BCUT2D eigenvalue weighted by Crippen LogP contribution is -2.33. The zero-order chi connectivity index (χ0) is 17.4. The number of aliphatic hydroxyl groups excluding tert-OH is 1. The topological polar surface area (TPSA) is 70.6 Å². The summed E-state index contributed by atoms with van der Waals surface area (Å²) < 4.78 is 28.4. The van der Waals surface area contributed by atoms with Gasteiger partial charge in [-0.2, -0.15) is 8.78 Å². The second-order valence-corrected chi connectivity index (χ2v) is 4.98. The van der Waals surface area contributed by atoms with E-state index in [0.717, 1.165) is 5.56 Å². The normalized spacial score (nSPS) is 11.8. The Hall–Kier alpha value is -2.67. The van der Waals surface area contributed by atoms with Gasteiger partial charge in [0.1, 0.15) is 5.75 Å². The fraction of sp³-hybridized carbons (Fsp3) is 0.235. The van der Waals surface area contributed by atoms with Crippen molar-refractivity contribution in [2.75, 3.05) is 11.9 Å². The molecule has 24 heavy (non-hydrogen) atoms. The Bertz CT molecular complexity index is 636. The highest BCUT2D eigenvalue weighted by molar-refractivity contribution is 5.89. The van der Waals surface area contributed by atoms with Gasteiger partial charge in [-0.15, -0.1) is 0 Å². The van der Waals surface area contributed by atoms with Crippen molar-refractivity contribution in [1.82, 2.24) is 5.32 Å². The summed E-state index contributed by atoms with van der Waals surface area (Å²) >= 11 is 0. The van der Waals surface area contributed by atoms with Crippen molar-refractivity contribution in [3.63, 3.8) is 0 Å². The molecule has 1 atom stereocenters. The molecule has 2 rings (SSSR count). The number of carbonyl (C=O) groups excluding carboxylic acids is 1. The Morgan fingerprint density at radius 1 is 1.08 bits per heavy atom. The molecule has 0 aliphatic rings. The molecule has 0 aliphatic heterocycles. The number of ether oxygens (including phenoxy) is 1. The lowest BCUT2D eigenvalue weighted by Gasteiger charge is -2.18. The molecular weight excluding hydrogens is 318 g/mol. The standard InChI is InChI=1S/C17H18F2N2O3/c18-16(19)24-14-8-6-13(7-9-14)20-17(23)21-15(10-11-22)12-4-2-1-3-5-12/h1-9,15-16,22H,10-11H2,(H2,20,21,23)/t15-/m1/s1. The molecule has 0 radical (unpaired) electrons. The number of hydrogen-bond acceptors (Lipinski definition) is 3. The van der Waals surface area contributed by atoms with E-state index in [2.05, 4.69) is 15.4 Å². The number of amides is 2. The van der Waals surface area contributed by atoms with Crippen LogP contribution < -0.4 is 15.4 Å². The summed E-state index contributed by atoms with van der Waals surface area (Å²) in [5, 5.41) is 14.5. The Morgan fingerprint density at radius 3 is 2.33 bits per heavy atom. The first-order valence-electron chi connectivity index (χ1n) is 7.36. The van der Waals surface area contributed by atoms with E-state index in [1.54, 1.807) is 0 Å². The van der Waals surface area contributed by atoms with Crippen LogP contribution in [0, 0.1) is 0 Å². The van der Waals surface area contributed by atoms with Gasteiger partial charge in [-0.05, 0) is 36.2 Å². The van der Waals surface area contributed by atoms with Gasteiger partial charge in [0.15, 0.2) is 0 Å². The van der Waals surface area contributed by atoms with Crippen molar-refractivity contribution in [3.05, 3.63) is 60.2 Å². The Balaban J connectivity index is 1.95. The van der Waals surface area contributed by atoms with Crippen molar-refractivity contribution < 1.29 is 23.4 Å². The van der Waals surface area contributed by atoms with Crippen molar-refractivity contribution in [2.45, 2.75) is 19.1 Å². The van der Waals surface area contributed by atoms with Gasteiger partial charge in [0, 0.05) is 12.3 Å². The summed E-state index contributed by atoms with van der Waals surface area (Å²) in [6.07, 6.45) is 0.374. The van der Waals surface area contributed by atoms with E-state index < -0.39 is 12.6 Å². The fourth-order valence-electron chi connectivity index (χ4n) is 2.18. The molecule has 0 saturated heterocycles. The maximum absolute atomic E-state index is 12.1. The van der Waals surface area contributed by atoms with Gasteiger partial charge in [-0.25, -0.2) is 4.79 Å². The molecule has 3 N–H and O–H groups in total. The van der Waals surface area contributed by atoms with Crippen LogP contribution in [0.15, 0.2) is 54.6 Å². The van der Waals surface area contributed by atoms with Crippen LogP contribution in [0.25, 0.3) is 0 Å². The molecule has 2 aromatic carbocycles. The average molecular weight is 336 g/mol. The fourth-order valence-corrected chi connectivity index (χ4v) is 2.18. The van der Waals surface area contributed by atoms with Crippen LogP contribution in [0.1, 0.15) is 18.0 Å². The minimum Gasteiger partial charge on any atom is -0.435 e. The summed E-state index contributed by atoms with van der Waals surface area (Å²) in [6.45, 7) is -2.96. The summed E-state index contributed by atoms with van der Waals surface area (Å²) in [4.78, 5) is 12.1. The van der Waals surface area contributed by atoms with Crippen molar-refractivity contribution in [3.8, 4) is 5.75 Å². The highest BCUT2D eigenvalue weighted by atomic mass is 19.3. The molecule has 0 spiro atoms. The Labute approximate surface area is 138 Å². The Kier molecular flexibility index (Phi) is 6.51. The van der Waals surface area contributed by atoms with Gasteiger partial charge in [-0.1, -0.05) is 30.3 Å². The third kappa shape index (κ3) is 5.51. The highest BCUT2D eigenvalue weighted by Crippen LogP contribution is 2.19. The van der Waals surface area contributed by atoms with E-state index in [4.69, 9.17) is 5.11 Å². The van der Waals surface area contributed by atoms with Crippen LogP contribution >= 0.6 is 0 Å². The first-order chi connectivity index (χ1) is 11.6. The number of aliphatic hydroxyl groups is 1. The maximum Gasteiger partial charge on any atom is 0.387 e. The van der Waals surface area contributed by atoms with Crippen molar-refractivity contribution >= 4 is 11.7 Å². The molecule has 128 valence electrons. The molecule has 0 heterocycles. The van der Waals surface area contributed by atoms with Crippen LogP contribution in [0.2, 0.25) is 0 Å². The number of benzene rings is 2. The highest BCUT2D eigenvalue weighted by Gasteiger charge is 2.14. The smallest absolute Gasteiger partial charge is 0.387 e. The molecule has 2 amide bonds. The van der Waals surface area contributed by atoms with Crippen LogP contribution in [-0.4, -0.2) is 24.4 Å². The van der Waals surface area contributed by atoms with E-state index in [1.165, 1.54) is 24.3 Å². The predicted octanol–water partition coefficient (Wildman–Crippen LogP) is 3.53. The molecule has 2 aromatic rings. The maximum atomic E-state index is 12.1. The molecule has 0 bridgehead atoms. The summed E-state index contributed by atoms with van der Waals surface area (Å²) in [7, 11) is 0. The van der Waals surface area contributed by atoms with Gasteiger partial charge in [-0.3, -0.25) is 0 Å². The zero-order valence-corrected chi connectivity index (χ0v) is 12.8. The minimum atomic E-state index is -2.89. The number of halogens is 2. The van der Waals surface area contributed by atoms with E-state index in [9.17, 15) is 13.6 Å². The molecule has 7 heteroatoms. The first-order valence-corrected chi connectivity index (χ1v) is 7.36. The third-order valence-corrected chi connectivity index (χ3v) is 3.26. The number of nitrogens with one attached hydrogen (secondary N) is 2. The number of rotatable bonds is 7. The number of urea groups is 1. The number of anilines is 1. The van der Waals surface area contributed by atoms with Gasteiger partial charge in [0.05, 0.1) is 6.04 Å². The van der Waals surface area contributed by atoms with Gasteiger partial charge in [0.25, 0.3) is 0 Å². The molecule has 0 aliphatic carbocycles. The summed E-state index contributed by atoms with van der Waals surface area (Å²) in [6, 6.07) is 14.1. The SMILES string of the molecule is O=C(Nc1ccc(OC(F)F)cc1)N[C@H](CCO)c1ccccc1. The van der Waals surface area contributed by atoms with E-state index in [-0.39, 0.29) is 18.4 Å². The number of alkyl halides is 2. The van der Waals surface area contributed by atoms with Gasteiger partial charge >= 0.3 is 12.6 Å². The third-order valence-electron chi connectivity index (χ3n) is 3.26. The van der Waals surface area contributed by atoms with Gasteiger partial charge < -0.3 is 20.5 Å². The van der Waals surface area contributed by atoms with Crippen LogP contribution in [0.4, 0.5) is 19.3 Å². The second-order valence-electron chi connectivity index (χ2n) is 4.98. The summed E-state index contributed by atoms with van der Waals surface area (Å²) in [5.74, 6) is 0.0124. The monoisotopic (exact) mass is 336 g/mol. The minimum absolute atomic E-state index is 0.0124. The van der Waals surface area contributed by atoms with Crippen LogP contribution in [0.5, 0.6) is 5.75 Å². The molecule has 0 saturated carbocycles. The first kappa shape index (κ1) is 17.7. The van der Waals surface area contributed by atoms with E-state index in [0.29, 0.717) is 12.1 Å². The quantitative estimate of drug-likeness (QED) is 0.724. The van der Waals surface area contributed by atoms with Crippen molar-refractivity contribution in [2.24, 2.45) is 0 Å². The van der Waals surface area contributed by atoms with Crippen LogP contribution in [0.3, 0.4) is 0 Å². The number of carbonyl (C=O) groups is 1. The lowest BCUT2D eigenvalue weighted by molar-refractivity contribution is -0.0498. The molecule has 5 nitrogen and oxygen atoms in total. The predicted molar refractivity (Wildman–Crippen MR) is 86.1 cm³/mol. The van der Waals surface area contributed by atoms with E-state index in [1.807, 2.05) is 30.3 Å². The summed E-state index contributed by atoms with van der Waals surface area (Å²) in [5.41, 5.74) is 1.31. The molecule has 0 unspecified atom stereocenters. The van der Waals surface area contributed by atoms with Crippen molar-refractivity contribution in [1.29, 1.82) is 0 Å². The second kappa shape index (κ2) is 8.83. The van der Waals surface area contributed by atoms with Crippen LogP contribution in [-0.2, 0) is 0 Å². The van der Waals surface area contributed by atoms with E-state index >= 15 is 0 Å². The zero-order valence-electron chi connectivity index (χ0n) is 12.8. The average Bonchev–Trinajstić information content (AvgIpc) is 2.56. The molecule has 0 aromatic heterocycles. The van der Waals surface area contributed by atoms with Gasteiger partial charge in [0.2, 0.25) is 0 Å². The molecular formula is C17H18F2N2O3. The number of hydrogen-bond donors (Lipinski definition) is 3. The molecule has 0 fully saturated rings.